The highest BCUT2D eigenvalue weighted by Crippen LogP contribution is 2.34. The molecule has 1 heterocycles. The maximum absolute atomic E-state index is 12.6. The number of hydrogen-bond acceptors (Lipinski definition) is 5. The van der Waals surface area contributed by atoms with Crippen molar-refractivity contribution in [3.05, 3.63) is 47.5 Å². The molecule has 2 amide bonds. The number of thioether (sulfide) groups is 1. The van der Waals surface area contributed by atoms with Gasteiger partial charge in [0.05, 0.1) is 16.3 Å². The summed E-state index contributed by atoms with van der Waals surface area (Å²) in [6, 6.07) is 11.2. The van der Waals surface area contributed by atoms with Crippen molar-refractivity contribution in [2.75, 3.05) is 22.1 Å². The maximum Gasteiger partial charge on any atom is 0.228 e. The molecule has 0 saturated heterocycles. The lowest BCUT2D eigenvalue weighted by molar-refractivity contribution is -0.118. The van der Waals surface area contributed by atoms with E-state index in [1.54, 1.807) is 30.3 Å². The fraction of sp³-hybridized carbons (Fsp3) is 0.263. The molecule has 0 spiro atoms. The van der Waals surface area contributed by atoms with E-state index in [4.69, 9.17) is 11.6 Å². The van der Waals surface area contributed by atoms with Crippen LogP contribution in [0.15, 0.2) is 52.3 Å². The van der Waals surface area contributed by atoms with Gasteiger partial charge in [0.25, 0.3) is 0 Å². The van der Waals surface area contributed by atoms with Crippen LogP contribution in [0.1, 0.15) is 13.3 Å². The first kappa shape index (κ1) is 20.7. The number of rotatable bonds is 5. The summed E-state index contributed by atoms with van der Waals surface area (Å²) in [7, 11) is -3.67. The number of amides is 2. The molecule has 9 heteroatoms. The third kappa shape index (κ3) is 5.06. The van der Waals surface area contributed by atoms with Crippen LogP contribution >= 0.6 is 23.4 Å². The first-order valence-corrected chi connectivity index (χ1v) is 11.6. The lowest BCUT2D eigenvalue weighted by atomic mass is 10.2. The van der Waals surface area contributed by atoms with Crippen LogP contribution in [0.3, 0.4) is 0 Å². The van der Waals surface area contributed by atoms with Gasteiger partial charge >= 0.3 is 0 Å². The van der Waals surface area contributed by atoms with Gasteiger partial charge in [-0.15, -0.1) is 11.8 Å². The van der Waals surface area contributed by atoms with Crippen LogP contribution in [0.5, 0.6) is 0 Å². The number of halogens is 1. The van der Waals surface area contributed by atoms with Gasteiger partial charge in [0, 0.05) is 33.7 Å². The van der Waals surface area contributed by atoms with Crippen LogP contribution in [0.4, 0.5) is 11.4 Å². The topological polar surface area (TPSA) is 92.3 Å². The summed E-state index contributed by atoms with van der Waals surface area (Å²) in [5, 5.41) is 5.96. The highest BCUT2D eigenvalue weighted by Gasteiger charge is 2.23. The Morgan fingerprint density at radius 2 is 1.96 bits per heavy atom. The summed E-state index contributed by atoms with van der Waals surface area (Å²) in [5.74, 6) is -0.395. The van der Waals surface area contributed by atoms with E-state index in [1.807, 2.05) is 6.92 Å². The van der Waals surface area contributed by atoms with Gasteiger partial charge in [-0.1, -0.05) is 18.5 Å². The van der Waals surface area contributed by atoms with E-state index in [0.717, 1.165) is 4.90 Å². The molecule has 2 N–H and O–H groups in total. The van der Waals surface area contributed by atoms with Crippen LogP contribution in [0.25, 0.3) is 0 Å². The third-order valence-corrected chi connectivity index (χ3v) is 7.53. The Morgan fingerprint density at radius 1 is 1.25 bits per heavy atom. The SMILES string of the molecule is CC1CSc2ccc(S(=O)(=O)CCC(=O)Nc3ccc(Cl)cc3)cc2NC1=O. The number of hydrogen-bond donors (Lipinski definition) is 2. The Bertz CT molecular complexity index is 1010. The zero-order chi connectivity index (χ0) is 20.3. The second-order valence-corrected chi connectivity index (χ2v) is 10.1. The van der Waals surface area contributed by atoms with Crippen LogP contribution in [0.2, 0.25) is 5.02 Å². The molecular weight excluding hydrogens is 420 g/mol. The monoisotopic (exact) mass is 438 g/mol. The fourth-order valence-electron chi connectivity index (χ4n) is 2.57. The molecule has 6 nitrogen and oxygen atoms in total. The van der Waals surface area contributed by atoms with E-state index < -0.39 is 15.7 Å². The van der Waals surface area contributed by atoms with Crippen LogP contribution in [-0.2, 0) is 19.4 Å². The molecule has 2 aromatic rings. The molecule has 2 aromatic carbocycles. The van der Waals surface area contributed by atoms with Crippen LogP contribution < -0.4 is 10.6 Å². The molecule has 1 unspecified atom stereocenters. The second-order valence-electron chi connectivity index (χ2n) is 6.48. The molecular formula is C19H19ClN2O4S2. The Morgan fingerprint density at radius 3 is 2.68 bits per heavy atom. The molecule has 0 fully saturated rings. The van der Waals surface area contributed by atoms with E-state index in [2.05, 4.69) is 10.6 Å². The van der Waals surface area contributed by atoms with Gasteiger partial charge in [0.15, 0.2) is 9.84 Å². The summed E-state index contributed by atoms with van der Waals surface area (Å²) in [6.07, 6.45) is -0.180. The molecule has 0 radical (unpaired) electrons. The molecule has 1 aliphatic rings. The minimum Gasteiger partial charge on any atom is -0.326 e. The van der Waals surface area contributed by atoms with Crippen molar-refractivity contribution in [2.45, 2.75) is 23.1 Å². The van der Waals surface area contributed by atoms with Gasteiger partial charge in [-0.2, -0.15) is 0 Å². The minimum atomic E-state index is -3.67. The highest BCUT2D eigenvalue weighted by molar-refractivity contribution is 7.99. The highest BCUT2D eigenvalue weighted by atomic mass is 35.5. The number of carbonyl (C=O) groups excluding carboxylic acids is 2. The van der Waals surface area contributed by atoms with Crippen molar-refractivity contribution in [3.8, 4) is 0 Å². The van der Waals surface area contributed by atoms with E-state index in [9.17, 15) is 18.0 Å². The summed E-state index contributed by atoms with van der Waals surface area (Å²) in [4.78, 5) is 25.0. The lowest BCUT2D eigenvalue weighted by Gasteiger charge is -2.10. The van der Waals surface area contributed by atoms with Gasteiger partial charge in [-0.05, 0) is 42.5 Å². The van der Waals surface area contributed by atoms with Crippen molar-refractivity contribution < 1.29 is 18.0 Å². The van der Waals surface area contributed by atoms with Crippen molar-refractivity contribution >= 4 is 56.4 Å². The van der Waals surface area contributed by atoms with Crippen LogP contribution in [-0.4, -0.2) is 31.7 Å². The zero-order valence-electron chi connectivity index (χ0n) is 15.1. The molecule has 28 heavy (non-hydrogen) atoms. The first-order valence-electron chi connectivity index (χ1n) is 8.60. The van der Waals surface area contributed by atoms with Crippen molar-refractivity contribution in [2.24, 2.45) is 5.92 Å². The predicted molar refractivity (Wildman–Crippen MR) is 112 cm³/mol. The van der Waals surface area contributed by atoms with E-state index in [1.165, 1.54) is 23.9 Å². The molecule has 3 rings (SSSR count). The normalized spacial score (nSPS) is 16.6. The number of carbonyl (C=O) groups is 2. The Balaban J connectivity index is 1.67. The summed E-state index contributed by atoms with van der Waals surface area (Å²) >= 11 is 7.30. The second kappa shape index (κ2) is 8.55. The molecule has 0 bridgehead atoms. The quantitative estimate of drug-likeness (QED) is 0.740. The van der Waals surface area contributed by atoms with Gasteiger partial charge < -0.3 is 10.6 Å². The summed E-state index contributed by atoms with van der Waals surface area (Å²) < 4.78 is 25.3. The largest absolute Gasteiger partial charge is 0.326 e. The van der Waals surface area contributed by atoms with Crippen molar-refractivity contribution in [1.82, 2.24) is 0 Å². The average Bonchev–Trinajstić information content (AvgIpc) is 2.80. The third-order valence-electron chi connectivity index (χ3n) is 4.23. The summed E-state index contributed by atoms with van der Waals surface area (Å²) in [6.45, 7) is 1.82. The number of nitrogens with one attached hydrogen (secondary N) is 2. The minimum absolute atomic E-state index is 0.0843. The molecule has 1 atom stereocenters. The van der Waals surface area contributed by atoms with E-state index in [0.29, 0.717) is 22.2 Å². The zero-order valence-corrected chi connectivity index (χ0v) is 17.5. The first-order chi connectivity index (χ1) is 13.2. The number of fused-ring (bicyclic) bond motifs is 1. The van der Waals surface area contributed by atoms with E-state index in [-0.39, 0.29) is 28.9 Å². The number of benzene rings is 2. The van der Waals surface area contributed by atoms with Crippen molar-refractivity contribution in [3.63, 3.8) is 0 Å². The molecule has 0 aliphatic carbocycles. The summed E-state index contributed by atoms with van der Waals surface area (Å²) in [5.41, 5.74) is 1.04. The van der Waals surface area contributed by atoms with Crippen molar-refractivity contribution in [1.29, 1.82) is 0 Å². The smallest absolute Gasteiger partial charge is 0.228 e. The molecule has 0 saturated carbocycles. The van der Waals surface area contributed by atoms with Crippen LogP contribution in [0, 0.1) is 5.92 Å². The Kier molecular flexibility index (Phi) is 6.32. The lowest BCUT2D eigenvalue weighted by Crippen LogP contribution is -2.20. The number of anilines is 2. The molecule has 0 aromatic heterocycles. The standard InChI is InChI=1S/C19H19ClN2O4S2/c1-12-11-27-17-7-6-15(10-16(17)22-19(12)24)28(25,26)9-8-18(23)21-14-4-2-13(20)3-5-14/h2-7,10,12H,8-9,11H2,1H3,(H,21,23)(H,22,24). The average molecular weight is 439 g/mol. The van der Waals surface area contributed by atoms with Gasteiger partial charge in [-0.25, -0.2) is 8.42 Å². The predicted octanol–water partition coefficient (Wildman–Crippen LogP) is 3.82. The number of sulfone groups is 1. The Labute approximate surface area is 173 Å². The van der Waals surface area contributed by atoms with Gasteiger partial charge in [-0.3, -0.25) is 9.59 Å². The Hall–Kier alpha value is -2.03. The van der Waals surface area contributed by atoms with E-state index >= 15 is 0 Å². The fourth-order valence-corrected chi connectivity index (χ4v) is 4.97. The van der Waals surface area contributed by atoms with Gasteiger partial charge in [0.2, 0.25) is 11.8 Å². The molecule has 148 valence electrons. The maximum atomic E-state index is 12.6. The molecule has 1 aliphatic heterocycles. The van der Waals surface area contributed by atoms with Gasteiger partial charge in [0.1, 0.15) is 0 Å².